The molecule has 4 aliphatic rings. The number of carbonyl (C=O) groups excluding carboxylic acids is 2. The highest BCUT2D eigenvalue weighted by molar-refractivity contribution is 6.70. The van der Waals surface area contributed by atoms with E-state index >= 15 is 0 Å². The lowest BCUT2D eigenvalue weighted by molar-refractivity contribution is -0.140. The summed E-state index contributed by atoms with van der Waals surface area (Å²) >= 11 is 0. The average Bonchev–Trinajstić information content (AvgIpc) is 2.95. The van der Waals surface area contributed by atoms with Gasteiger partial charge in [-0.15, -0.1) is 0 Å². The van der Waals surface area contributed by atoms with Crippen LogP contribution in [0.5, 0.6) is 0 Å². The van der Waals surface area contributed by atoms with E-state index in [0.29, 0.717) is 17.8 Å². The van der Waals surface area contributed by atoms with Crippen molar-refractivity contribution in [2.75, 3.05) is 6.61 Å². The van der Waals surface area contributed by atoms with Crippen molar-refractivity contribution in [1.82, 2.24) is 0 Å². The number of ketones is 1. The Morgan fingerprint density at radius 1 is 1.25 bits per heavy atom. The Hall–Kier alpha value is -1.88. The van der Waals surface area contributed by atoms with Crippen molar-refractivity contribution in [3.8, 4) is 0 Å². The zero-order valence-corrected chi connectivity index (χ0v) is 21.7. The van der Waals surface area contributed by atoms with Crippen LogP contribution in [0.15, 0.2) is 46.8 Å². The van der Waals surface area contributed by atoms with Gasteiger partial charge in [0.05, 0.1) is 0 Å². The standard InChI is InChI=1S/C27H38O4Si/c1-17-14-23-21-9-8-19-15-20(29)10-12-26(19,3)22(21)11-13-27(23,4)25(17)24(16-30-18(2)28)31-32(5,6)7/h10-12,15,17,21,23H,8-9,13-14,16H2,1-7H3/b25-24-/t17-,21?,23?,26+,27+/m1/s1. The molecule has 174 valence electrons. The summed E-state index contributed by atoms with van der Waals surface area (Å²) in [5, 5.41) is 0. The monoisotopic (exact) mass is 454 g/mol. The Balaban J connectivity index is 1.76. The average molecular weight is 455 g/mol. The van der Waals surface area contributed by atoms with E-state index in [1.54, 1.807) is 6.08 Å². The van der Waals surface area contributed by atoms with Crippen LogP contribution in [0.25, 0.3) is 0 Å². The first-order valence-corrected chi connectivity index (χ1v) is 15.5. The molecule has 0 aromatic carbocycles. The van der Waals surface area contributed by atoms with Gasteiger partial charge in [0.15, 0.2) is 5.78 Å². The van der Waals surface area contributed by atoms with Gasteiger partial charge >= 0.3 is 5.97 Å². The highest BCUT2D eigenvalue weighted by Crippen LogP contribution is 2.65. The van der Waals surface area contributed by atoms with Crippen LogP contribution in [0.2, 0.25) is 19.6 Å². The molecule has 0 bridgehead atoms. The Morgan fingerprint density at radius 3 is 2.62 bits per heavy atom. The van der Waals surface area contributed by atoms with E-state index in [1.165, 1.54) is 23.6 Å². The Bertz CT molecular complexity index is 963. The summed E-state index contributed by atoms with van der Waals surface area (Å²) in [5.41, 5.74) is 4.03. The lowest BCUT2D eigenvalue weighted by Gasteiger charge is -2.51. The van der Waals surface area contributed by atoms with Crippen molar-refractivity contribution >= 4 is 20.1 Å². The lowest BCUT2D eigenvalue weighted by atomic mass is 9.53. The summed E-state index contributed by atoms with van der Waals surface area (Å²) in [4.78, 5) is 23.6. The fourth-order valence-electron chi connectivity index (χ4n) is 6.98. The molecule has 4 aliphatic carbocycles. The summed E-state index contributed by atoms with van der Waals surface area (Å²) < 4.78 is 12.0. The minimum Gasteiger partial charge on any atom is -0.545 e. The molecule has 0 heterocycles. The van der Waals surface area contributed by atoms with Crippen molar-refractivity contribution in [2.45, 2.75) is 73.0 Å². The summed E-state index contributed by atoms with van der Waals surface area (Å²) in [6, 6.07) is 0. The summed E-state index contributed by atoms with van der Waals surface area (Å²) in [6.45, 7) is 15.3. The summed E-state index contributed by atoms with van der Waals surface area (Å²) in [7, 11) is -1.87. The second kappa shape index (κ2) is 7.86. The smallest absolute Gasteiger partial charge is 0.303 e. The number of esters is 1. The van der Waals surface area contributed by atoms with Crippen LogP contribution in [0.3, 0.4) is 0 Å². The van der Waals surface area contributed by atoms with Crippen molar-refractivity contribution in [2.24, 2.45) is 28.6 Å². The topological polar surface area (TPSA) is 52.6 Å². The summed E-state index contributed by atoms with van der Waals surface area (Å²) in [6.07, 6.45) is 12.4. The number of ether oxygens (including phenoxy) is 1. The normalized spacial score (nSPS) is 37.6. The lowest BCUT2D eigenvalue weighted by Crippen LogP contribution is -2.42. The van der Waals surface area contributed by atoms with Crippen LogP contribution in [0.4, 0.5) is 0 Å². The molecule has 0 radical (unpaired) electrons. The first-order chi connectivity index (χ1) is 14.8. The number of rotatable bonds is 4. The molecule has 0 N–H and O–H groups in total. The van der Waals surface area contributed by atoms with Gasteiger partial charge in [-0.3, -0.25) is 9.59 Å². The SMILES string of the molecule is CC(=O)OC/C(O[Si](C)(C)C)=C1\[C@H](C)CC2C3CCC4=CC(=O)C=C[C@]4(C)C3=CC[C@]12C. The van der Waals surface area contributed by atoms with E-state index in [2.05, 4.69) is 52.6 Å². The molecule has 2 unspecified atom stereocenters. The van der Waals surface area contributed by atoms with Crippen molar-refractivity contribution in [3.63, 3.8) is 0 Å². The van der Waals surface area contributed by atoms with E-state index in [-0.39, 0.29) is 29.2 Å². The minimum absolute atomic E-state index is 0.00843. The van der Waals surface area contributed by atoms with Gasteiger partial charge in [-0.1, -0.05) is 37.1 Å². The van der Waals surface area contributed by atoms with Crippen LogP contribution in [-0.2, 0) is 18.8 Å². The number of hydrogen-bond donors (Lipinski definition) is 0. The minimum atomic E-state index is -1.87. The van der Waals surface area contributed by atoms with Crippen molar-refractivity contribution in [3.05, 3.63) is 46.8 Å². The van der Waals surface area contributed by atoms with Gasteiger partial charge in [0, 0.05) is 12.3 Å². The van der Waals surface area contributed by atoms with E-state index < -0.39 is 8.32 Å². The molecule has 32 heavy (non-hydrogen) atoms. The second-order valence-corrected chi connectivity index (χ2v) is 16.0. The Kier molecular flexibility index (Phi) is 5.72. The molecule has 0 aromatic heterocycles. The van der Waals surface area contributed by atoms with Crippen LogP contribution in [-0.4, -0.2) is 26.7 Å². The molecule has 2 saturated carbocycles. The second-order valence-electron chi connectivity index (χ2n) is 11.6. The van der Waals surface area contributed by atoms with Crippen LogP contribution in [0, 0.1) is 28.6 Å². The summed E-state index contributed by atoms with van der Waals surface area (Å²) in [5.74, 6) is 2.20. The molecular formula is C27H38O4Si. The molecule has 5 heteroatoms. The first kappa shape index (κ1) is 23.3. The van der Waals surface area contributed by atoms with Gasteiger partial charge < -0.3 is 9.16 Å². The van der Waals surface area contributed by atoms with E-state index in [0.717, 1.165) is 31.4 Å². The van der Waals surface area contributed by atoms with Crippen LogP contribution in [0.1, 0.15) is 53.4 Å². The first-order valence-electron chi connectivity index (χ1n) is 12.1. The van der Waals surface area contributed by atoms with E-state index in [9.17, 15) is 9.59 Å². The zero-order valence-electron chi connectivity index (χ0n) is 20.7. The predicted octanol–water partition coefficient (Wildman–Crippen LogP) is 6.13. The molecule has 4 rings (SSSR count). The van der Waals surface area contributed by atoms with Gasteiger partial charge in [-0.05, 0) is 93.1 Å². The molecule has 0 aliphatic heterocycles. The number of hydrogen-bond acceptors (Lipinski definition) is 4. The Labute approximate surface area is 194 Å². The number of fused-ring (bicyclic) bond motifs is 5. The Morgan fingerprint density at radius 2 is 1.97 bits per heavy atom. The highest BCUT2D eigenvalue weighted by atomic mass is 28.4. The third kappa shape index (κ3) is 3.87. The molecule has 5 atom stereocenters. The molecule has 0 aromatic rings. The molecule has 4 nitrogen and oxygen atoms in total. The van der Waals surface area contributed by atoms with Crippen LogP contribution >= 0.6 is 0 Å². The third-order valence-corrected chi connectivity index (χ3v) is 9.05. The quantitative estimate of drug-likeness (QED) is 0.222. The zero-order chi connectivity index (χ0) is 23.5. The van der Waals surface area contributed by atoms with E-state index in [4.69, 9.17) is 9.16 Å². The largest absolute Gasteiger partial charge is 0.545 e. The van der Waals surface area contributed by atoms with Crippen LogP contribution < -0.4 is 0 Å². The maximum atomic E-state index is 12.0. The van der Waals surface area contributed by atoms with Gasteiger partial charge in [0.25, 0.3) is 0 Å². The highest BCUT2D eigenvalue weighted by Gasteiger charge is 2.56. The third-order valence-electron chi connectivity index (χ3n) is 8.19. The van der Waals surface area contributed by atoms with Gasteiger partial charge in [0.2, 0.25) is 8.32 Å². The fraction of sp³-hybridized carbons (Fsp3) is 0.630. The van der Waals surface area contributed by atoms with Gasteiger partial charge in [-0.25, -0.2) is 0 Å². The maximum Gasteiger partial charge on any atom is 0.303 e. The van der Waals surface area contributed by atoms with Crippen molar-refractivity contribution < 1.29 is 18.8 Å². The fourth-order valence-corrected chi connectivity index (χ4v) is 7.89. The van der Waals surface area contributed by atoms with Gasteiger partial charge in [-0.2, -0.15) is 0 Å². The molecule has 0 amide bonds. The molecular weight excluding hydrogens is 416 g/mol. The molecule has 0 saturated heterocycles. The number of allylic oxidation sites excluding steroid dienone is 7. The van der Waals surface area contributed by atoms with Crippen molar-refractivity contribution in [1.29, 1.82) is 0 Å². The predicted molar refractivity (Wildman–Crippen MR) is 129 cm³/mol. The van der Waals surface area contributed by atoms with Gasteiger partial charge in [0.1, 0.15) is 12.4 Å². The molecule has 2 fully saturated rings. The molecule has 0 spiro atoms. The maximum absolute atomic E-state index is 12.0. The number of carbonyl (C=O) groups is 2. The van der Waals surface area contributed by atoms with E-state index in [1.807, 2.05) is 6.08 Å².